The summed E-state index contributed by atoms with van der Waals surface area (Å²) in [7, 11) is 1.51. The maximum atomic E-state index is 13.2. The van der Waals surface area contributed by atoms with Crippen LogP contribution in [-0.2, 0) is 0 Å². The molecule has 2 aromatic rings. The van der Waals surface area contributed by atoms with Gasteiger partial charge in [0.1, 0.15) is 6.61 Å². The minimum absolute atomic E-state index is 0.376. The highest BCUT2D eigenvalue weighted by molar-refractivity contribution is 5.67. The minimum atomic E-state index is -0.884. The molecule has 0 unspecified atom stereocenters. The first-order chi connectivity index (χ1) is 9.65. The van der Waals surface area contributed by atoms with Crippen molar-refractivity contribution in [1.29, 1.82) is 0 Å². The van der Waals surface area contributed by atoms with E-state index in [-0.39, 0.29) is 0 Å². The van der Waals surface area contributed by atoms with Crippen LogP contribution in [0.4, 0.5) is 8.78 Å². The predicted octanol–water partition coefficient (Wildman–Crippen LogP) is 2.98. The van der Waals surface area contributed by atoms with E-state index < -0.39 is 11.6 Å². The Morgan fingerprint density at radius 3 is 2.30 bits per heavy atom. The SMILES string of the molecule is COc1cc(-c2ccc(F)c(F)c2)ccc1OCCN. The van der Waals surface area contributed by atoms with Crippen molar-refractivity contribution in [3.63, 3.8) is 0 Å². The highest BCUT2D eigenvalue weighted by Crippen LogP contribution is 2.32. The Balaban J connectivity index is 2.35. The largest absolute Gasteiger partial charge is 0.493 e. The second kappa shape index (κ2) is 6.34. The van der Waals surface area contributed by atoms with Crippen molar-refractivity contribution in [2.75, 3.05) is 20.3 Å². The maximum absolute atomic E-state index is 13.2. The summed E-state index contributed by atoms with van der Waals surface area (Å²) in [5, 5.41) is 0. The molecule has 2 aromatic carbocycles. The van der Waals surface area contributed by atoms with E-state index in [1.807, 2.05) is 0 Å². The summed E-state index contributed by atoms with van der Waals surface area (Å²) in [6.45, 7) is 0.773. The zero-order valence-electron chi connectivity index (χ0n) is 11.0. The summed E-state index contributed by atoms with van der Waals surface area (Å²) in [5.41, 5.74) is 6.65. The van der Waals surface area contributed by atoms with Gasteiger partial charge in [0.05, 0.1) is 7.11 Å². The van der Waals surface area contributed by atoms with Gasteiger partial charge in [0.15, 0.2) is 23.1 Å². The molecule has 2 N–H and O–H groups in total. The third-order valence-electron chi connectivity index (χ3n) is 2.79. The molecule has 0 bridgehead atoms. The van der Waals surface area contributed by atoms with Gasteiger partial charge in [0, 0.05) is 6.54 Å². The van der Waals surface area contributed by atoms with Crippen molar-refractivity contribution in [3.05, 3.63) is 48.0 Å². The quantitative estimate of drug-likeness (QED) is 0.915. The first kappa shape index (κ1) is 14.3. The Kier molecular flexibility index (Phi) is 4.53. The van der Waals surface area contributed by atoms with Gasteiger partial charge in [0.25, 0.3) is 0 Å². The summed E-state index contributed by atoms with van der Waals surface area (Å²) >= 11 is 0. The zero-order valence-corrected chi connectivity index (χ0v) is 11.0. The smallest absolute Gasteiger partial charge is 0.161 e. The fourth-order valence-corrected chi connectivity index (χ4v) is 1.81. The topological polar surface area (TPSA) is 44.5 Å². The van der Waals surface area contributed by atoms with Crippen molar-refractivity contribution in [3.8, 4) is 22.6 Å². The molecule has 0 heterocycles. The number of rotatable bonds is 5. The van der Waals surface area contributed by atoms with Crippen LogP contribution in [0.5, 0.6) is 11.5 Å². The summed E-state index contributed by atoms with van der Waals surface area (Å²) in [5.74, 6) is -0.682. The van der Waals surface area contributed by atoms with Crippen LogP contribution >= 0.6 is 0 Å². The fourth-order valence-electron chi connectivity index (χ4n) is 1.81. The fraction of sp³-hybridized carbons (Fsp3) is 0.200. The Hall–Kier alpha value is -2.14. The van der Waals surface area contributed by atoms with E-state index in [0.29, 0.717) is 35.8 Å². The van der Waals surface area contributed by atoms with E-state index in [1.165, 1.54) is 13.2 Å². The van der Waals surface area contributed by atoms with E-state index >= 15 is 0 Å². The van der Waals surface area contributed by atoms with Crippen molar-refractivity contribution in [2.45, 2.75) is 0 Å². The zero-order chi connectivity index (χ0) is 14.5. The van der Waals surface area contributed by atoms with Gasteiger partial charge in [-0.2, -0.15) is 0 Å². The maximum Gasteiger partial charge on any atom is 0.161 e. The lowest BCUT2D eigenvalue weighted by Crippen LogP contribution is -2.11. The molecule has 2 rings (SSSR count). The molecule has 0 aliphatic rings. The first-order valence-corrected chi connectivity index (χ1v) is 6.12. The Bertz CT molecular complexity index is 602. The minimum Gasteiger partial charge on any atom is -0.493 e. The summed E-state index contributed by atoms with van der Waals surface area (Å²) in [4.78, 5) is 0. The van der Waals surface area contributed by atoms with Crippen LogP contribution in [0.15, 0.2) is 36.4 Å². The van der Waals surface area contributed by atoms with Crippen LogP contribution in [0.2, 0.25) is 0 Å². The number of benzene rings is 2. The Morgan fingerprint density at radius 1 is 0.950 bits per heavy atom. The van der Waals surface area contributed by atoms with Crippen LogP contribution in [0.25, 0.3) is 11.1 Å². The van der Waals surface area contributed by atoms with E-state index in [9.17, 15) is 8.78 Å². The van der Waals surface area contributed by atoms with Gasteiger partial charge in [-0.1, -0.05) is 12.1 Å². The molecular formula is C15H15F2NO2. The molecule has 0 radical (unpaired) electrons. The number of hydrogen-bond acceptors (Lipinski definition) is 3. The third-order valence-corrected chi connectivity index (χ3v) is 2.79. The molecule has 0 saturated heterocycles. The second-order valence-corrected chi connectivity index (χ2v) is 4.13. The standard InChI is InChI=1S/C15H15F2NO2/c1-19-15-9-11(3-5-14(15)20-7-6-18)10-2-4-12(16)13(17)8-10/h2-5,8-9H,6-7,18H2,1H3. The number of halogens is 2. The van der Waals surface area contributed by atoms with Gasteiger partial charge in [0.2, 0.25) is 0 Å². The highest BCUT2D eigenvalue weighted by atomic mass is 19.2. The molecule has 0 spiro atoms. The van der Waals surface area contributed by atoms with Crippen LogP contribution in [0.1, 0.15) is 0 Å². The average Bonchev–Trinajstić information content (AvgIpc) is 2.47. The van der Waals surface area contributed by atoms with E-state index in [1.54, 1.807) is 18.2 Å². The van der Waals surface area contributed by atoms with Crippen LogP contribution < -0.4 is 15.2 Å². The van der Waals surface area contributed by atoms with Crippen molar-refractivity contribution in [1.82, 2.24) is 0 Å². The molecule has 0 fully saturated rings. The highest BCUT2D eigenvalue weighted by Gasteiger charge is 2.09. The number of nitrogens with two attached hydrogens (primary N) is 1. The molecule has 0 atom stereocenters. The molecule has 0 amide bonds. The average molecular weight is 279 g/mol. The molecule has 0 saturated carbocycles. The summed E-state index contributed by atoms with van der Waals surface area (Å²) < 4.78 is 36.8. The van der Waals surface area contributed by atoms with Crippen LogP contribution in [-0.4, -0.2) is 20.3 Å². The van der Waals surface area contributed by atoms with E-state index in [4.69, 9.17) is 15.2 Å². The number of ether oxygens (including phenoxy) is 2. The van der Waals surface area contributed by atoms with Gasteiger partial charge in [-0.05, 0) is 35.4 Å². The van der Waals surface area contributed by atoms with E-state index in [0.717, 1.165) is 12.1 Å². The Labute approximate surface area is 115 Å². The van der Waals surface area contributed by atoms with Gasteiger partial charge in [-0.25, -0.2) is 8.78 Å². The molecular weight excluding hydrogens is 264 g/mol. The van der Waals surface area contributed by atoms with Crippen molar-refractivity contribution >= 4 is 0 Å². The second-order valence-electron chi connectivity index (χ2n) is 4.13. The molecule has 20 heavy (non-hydrogen) atoms. The lowest BCUT2D eigenvalue weighted by atomic mass is 10.0. The lowest BCUT2D eigenvalue weighted by molar-refractivity contribution is 0.302. The van der Waals surface area contributed by atoms with Gasteiger partial charge >= 0.3 is 0 Å². The summed E-state index contributed by atoms with van der Waals surface area (Å²) in [6, 6.07) is 8.92. The van der Waals surface area contributed by atoms with Crippen molar-refractivity contribution in [2.24, 2.45) is 5.73 Å². The normalized spacial score (nSPS) is 10.4. The lowest BCUT2D eigenvalue weighted by Gasteiger charge is -2.12. The number of methoxy groups -OCH3 is 1. The van der Waals surface area contributed by atoms with E-state index in [2.05, 4.69) is 0 Å². The van der Waals surface area contributed by atoms with Crippen LogP contribution in [0.3, 0.4) is 0 Å². The molecule has 106 valence electrons. The first-order valence-electron chi connectivity index (χ1n) is 6.12. The monoisotopic (exact) mass is 279 g/mol. The van der Waals surface area contributed by atoms with Crippen molar-refractivity contribution < 1.29 is 18.3 Å². The van der Waals surface area contributed by atoms with Crippen LogP contribution in [0, 0.1) is 11.6 Å². The van der Waals surface area contributed by atoms with Gasteiger partial charge in [-0.15, -0.1) is 0 Å². The molecule has 5 heteroatoms. The van der Waals surface area contributed by atoms with Gasteiger partial charge < -0.3 is 15.2 Å². The molecule has 0 aliphatic carbocycles. The molecule has 0 aliphatic heterocycles. The predicted molar refractivity (Wildman–Crippen MR) is 72.9 cm³/mol. The Morgan fingerprint density at radius 2 is 1.65 bits per heavy atom. The number of hydrogen-bond donors (Lipinski definition) is 1. The third kappa shape index (κ3) is 3.05. The molecule has 0 aromatic heterocycles. The molecule has 3 nitrogen and oxygen atoms in total. The summed E-state index contributed by atoms with van der Waals surface area (Å²) in [6.07, 6.45) is 0. The van der Waals surface area contributed by atoms with Gasteiger partial charge in [-0.3, -0.25) is 0 Å².